The average Bonchev–Trinajstić information content (AvgIpc) is 3.90. The molecule has 0 aromatic rings. The zero-order valence-corrected chi connectivity index (χ0v) is 48.6. The third kappa shape index (κ3) is 38.8. The molecule has 18 heteroatoms. The first-order chi connectivity index (χ1) is 34.0. The summed E-state index contributed by atoms with van der Waals surface area (Å²) in [7, 11) is -4.59. The molecule has 409 valence electrons. The Kier molecular flexibility index (Phi) is 43.8. The van der Waals surface area contributed by atoms with E-state index in [9.17, 15) is 33.4 Å². The molecule has 0 saturated carbocycles. The van der Waals surface area contributed by atoms with Crippen molar-refractivity contribution >= 4 is 78.9 Å². The van der Waals surface area contributed by atoms with Gasteiger partial charge in [0.05, 0.1) is 25.3 Å². The molecule has 2 heterocycles. The summed E-state index contributed by atoms with van der Waals surface area (Å²) in [6.07, 6.45) is 36.0. The second-order valence-electron chi connectivity index (χ2n) is 19.8. The van der Waals surface area contributed by atoms with Gasteiger partial charge in [-0.05, 0) is 38.5 Å². The zero-order chi connectivity index (χ0) is 50.8. The molecule has 71 heavy (non-hydrogen) atoms. The number of carbonyl (C=O) groups is 5. The molecule has 2 fully saturated rings. The van der Waals surface area contributed by atoms with Crippen LogP contribution in [0.25, 0.3) is 0 Å². The van der Waals surface area contributed by atoms with Gasteiger partial charge in [0.25, 0.3) is 0 Å². The maximum absolute atomic E-state index is 12.8. The fourth-order valence-electron chi connectivity index (χ4n) is 9.03. The van der Waals surface area contributed by atoms with Crippen LogP contribution in [0.15, 0.2) is 0 Å². The largest absolute Gasteiger partial charge is 0.472 e. The fourth-order valence-corrected chi connectivity index (χ4v) is 11.3. The summed E-state index contributed by atoms with van der Waals surface area (Å²) in [5.41, 5.74) is 0. The number of phosphoric ester groups is 1. The topological polar surface area (TPSA) is 208 Å². The number of urea groups is 1. The van der Waals surface area contributed by atoms with E-state index in [-0.39, 0.29) is 98.5 Å². The van der Waals surface area contributed by atoms with Crippen LogP contribution >= 0.6 is 19.6 Å². The van der Waals surface area contributed by atoms with Crippen LogP contribution in [0.5, 0.6) is 0 Å². The number of thioether (sulfide) groups is 1. The van der Waals surface area contributed by atoms with E-state index in [1.807, 2.05) is 11.8 Å². The second-order valence-corrected chi connectivity index (χ2v) is 22.5. The van der Waals surface area contributed by atoms with E-state index in [0.29, 0.717) is 37.5 Å². The summed E-state index contributed by atoms with van der Waals surface area (Å²) >= 11 is 1.88. The van der Waals surface area contributed by atoms with Crippen molar-refractivity contribution < 1.29 is 52.0 Å². The van der Waals surface area contributed by atoms with Gasteiger partial charge in [0, 0.05) is 79.3 Å². The van der Waals surface area contributed by atoms with Gasteiger partial charge >= 0.3 is 25.8 Å². The van der Waals surface area contributed by atoms with E-state index in [1.165, 1.54) is 116 Å². The number of hydrogen-bond donors (Lipinski definition) is 5. The Hall–Kier alpha value is -1.39. The summed E-state index contributed by atoms with van der Waals surface area (Å²) in [6, 6.07) is 0.308. The molecular formula is C53H99N4NaO11PS. The minimum Gasteiger partial charge on any atom is -0.462 e. The van der Waals surface area contributed by atoms with Gasteiger partial charge in [-0.25, -0.2) is 9.36 Å². The number of phosphoric acid groups is 1. The van der Waals surface area contributed by atoms with Crippen LogP contribution in [0.3, 0.4) is 0 Å². The van der Waals surface area contributed by atoms with E-state index >= 15 is 0 Å². The molecule has 1 radical (unpaired) electrons. The number of carbonyl (C=O) groups excluding carboxylic acids is 5. The van der Waals surface area contributed by atoms with E-state index in [4.69, 9.17) is 18.5 Å². The molecule has 1 unspecified atom stereocenters. The van der Waals surface area contributed by atoms with Gasteiger partial charge in [-0.3, -0.25) is 28.2 Å². The predicted molar refractivity (Wildman–Crippen MR) is 287 cm³/mol. The Morgan fingerprint density at radius 3 is 1.58 bits per heavy atom. The monoisotopic (exact) mass is 1050 g/mol. The first kappa shape index (κ1) is 67.6. The van der Waals surface area contributed by atoms with Gasteiger partial charge in [0.1, 0.15) is 6.61 Å². The maximum atomic E-state index is 12.8. The number of ether oxygens (including phenoxy) is 2. The van der Waals surface area contributed by atoms with Crippen LogP contribution in [-0.4, -0.2) is 126 Å². The van der Waals surface area contributed by atoms with Gasteiger partial charge < -0.3 is 35.6 Å². The predicted octanol–water partition coefficient (Wildman–Crippen LogP) is 11.7. The molecular weight excluding hydrogens is 955 g/mol. The molecule has 5 atom stereocenters. The number of unbranched alkanes of at least 4 members (excludes halogenated alkanes) is 27. The van der Waals surface area contributed by atoms with Gasteiger partial charge in [-0.15, -0.1) is 0 Å². The van der Waals surface area contributed by atoms with E-state index in [2.05, 4.69) is 35.1 Å². The van der Waals surface area contributed by atoms with Crippen LogP contribution in [0.4, 0.5) is 4.79 Å². The number of fused-ring (bicyclic) bond motifs is 1. The van der Waals surface area contributed by atoms with Gasteiger partial charge in [-0.2, -0.15) is 11.8 Å². The summed E-state index contributed by atoms with van der Waals surface area (Å²) in [5.74, 6) is -0.174. The molecule has 2 aliphatic rings. The molecule has 2 aliphatic heterocycles. The van der Waals surface area contributed by atoms with Crippen LogP contribution < -0.4 is 21.3 Å². The third-order valence-electron chi connectivity index (χ3n) is 13.3. The Balaban J connectivity index is 0.0000252. The first-order valence-corrected chi connectivity index (χ1v) is 30.8. The number of hydrogen-bond acceptors (Lipinski definition) is 11. The van der Waals surface area contributed by atoms with Crippen molar-refractivity contribution in [2.24, 2.45) is 0 Å². The quantitative estimate of drug-likeness (QED) is 0.0127. The Morgan fingerprint density at radius 2 is 1.04 bits per heavy atom. The van der Waals surface area contributed by atoms with Crippen molar-refractivity contribution in [2.75, 3.05) is 38.7 Å². The van der Waals surface area contributed by atoms with Crippen molar-refractivity contribution in [3.8, 4) is 0 Å². The summed E-state index contributed by atoms with van der Waals surface area (Å²) < 4.78 is 34.0. The van der Waals surface area contributed by atoms with Crippen LogP contribution in [0, 0.1) is 0 Å². The minimum absolute atomic E-state index is 0. The normalized spacial score (nSPS) is 17.3. The van der Waals surface area contributed by atoms with Crippen LogP contribution in [0.2, 0.25) is 0 Å². The molecule has 2 rings (SSSR count). The summed E-state index contributed by atoms with van der Waals surface area (Å²) in [5, 5.41) is 12.0. The minimum atomic E-state index is -4.59. The number of amides is 4. The number of esters is 2. The first-order valence-electron chi connectivity index (χ1n) is 28.2. The molecule has 0 aliphatic carbocycles. The van der Waals surface area contributed by atoms with E-state index in [0.717, 1.165) is 76.4 Å². The molecule has 0 aromatic heterocycles. The molecule has 0 spiro atoms. The third-order valence-corrected chi connectivity index (χ3v) is 15.8. The van der Waals surface area contributed by atoms with Crippen molar-refractivity contribution in [3.05, 3.63) is 0 Å². The maximum Gasteiger partial charge on any atom is 0.472 e. The van der Waals surface area contributed by atoms with Gasteiger partial charge in [0.15, 0.2) is 6.10 Å². The van der Waals surface area contributed by atoms with Crippen molar-refractivity contribution in [1.29, 1.82) is 0 Å². The molecule has 0 aromatic carbocycles. The second kappa shape index (κ2) is 46.0. The fraction of sp³-hybridized carbons (Fsp3) is 0.906. The number of nitrogens with one attached hydrogen (secondary N) is 4. The average molecular weight is 1050 g/mol. The smallest absolute Gasteiger partial charge is 0.462 e. The Morgan fingerprint density at radius 1 is 0.592 bits per heavy atom. The Labute approximate surface area is 456 Å². The van der Waals surface area contributed by atoms with Crippen molar-refractivity contribution in [3.63, 3.8) is 0 Å². The standard InChI is InChI=1S/C53H99N4O11PS.Na/c1-3-5-7-9-11-13-15-17-19-21-23-25-29-37-50(60)65-42-45(68-51(61)38-30-26-24-22-20-18-16-14-12-10-8-6-4-2)43-67-69(63,64)66-41-40-55-49(59)35-28-27-33-39-54-48(58)36-32-31-34-47-52-46(44-70-47)56-53(62)57-52;/h45-47,52H,3-44H2,1-2H3,(H,54,58)(H,55,59)(H,63,64)(H2,56,57,62);/t45-,46+,47+,52+;/m1./s1. The molecule has 15 nitrogen and oxygen atoms in total. The summed E-state index contributed by atoms with van der Waals surface area (Å²) in [6.45, 7) is 3.93. The van der Waals surface area contributed by atoms with E-state index < -0.39 is 32.5 Å². The van der Waals surface area contributed by atoms with E-state index in [1.54, 1.807) is 0 Å². The molecule has 0 bridgehead atoms. The molecule has 4 amide bonds. The SMILES string of the molecule is CCCCCCCCCCCCCCCC(=O)OC[C@H](COP(=O)(O)OCCNC(=O)CCCCCNC(=O)CCCC[C@@H]1SC[C@@H]2NC(=O)N[C@@H]21)OC(=O)CCCCCCCCCCCCCCC.[Na]. The van der Waals surface area contributed by atoms with Crippen LogP contribution in [0.1, 0.15) is 245 Å². The number of rotatable bonds is 49. The van der Waals surface area contributed by atoms with Crippen molar-refractivity contribution in [1.82, 2.24) is 21.3 Å². The van der Waals surface area contributed by atoms with Gasteiger partial charge in [0.2, 0.25) is 11.8 Å². The zero-order valence-electron chi connectivity index (χ0n) is 44.9. The summed E-state index contributed by atoms with van der Waals surface area (Å²) in [4.78, 5) is 72.0. The van der Waals surface area contributed by atoms with Crippen LogP contribution in [-0.2, 0) is 42.3 Å². The molecule has 2 saturated heterocycles. The molecule has 5 N–H and O–H groups in total. The van der Waals surface area contributed by atoms with Crippen molar-refractivity contribution in [2.45, 2.75) is 268 Å². The Bertz CT molecular complexity index is 1440. The van der Waals surface area contributed by atoms with Gasteiger partial charge in [-0.1, -0.05) is 181 Å².